The van der Waals surface area contributed by atoms with E-state index in [-0.39, 0.29) is 11.9 Å². The van der Waals surface area contributed by atoms with Crippen molar-refractivity contribution in [3.63, 3.8) is 0 Å². The number of nitrogens with zero attached hydrogens (tertiary/aromatic N) is 3. The SMILES string of the molecule is CN1CC[C@H](NC(=O)c2cnn3c2CCCC3)[C@H](Cc2ccccc2)C1. The van der Waals surface area contributed by atoms with Gasteiger partial charge in [0.15, 0.2) is 0 Å². The van der Waals surface area contributed by atoms with Crippen LogP contribution in [0, 0.1) is 5.92 Å². The van der Waals surface area contributed by atoms with Gasteiger partial charge in [0.1, 0.15) is 0 Å². The van der Waals surface area contributed by atoms with E-state index in [0.29, 0.717) is 5.92 Å². The summed E-state index contributed by atoms with van der Waals surface area (Å²) in [5, 5.41) is 7.76. The van der Waals surface area contributed by atoms with Gasteiger partial charge in [0.05, 0.1) is 17.5 Å². The van der Waals surface area contributed by atoms with Crippen LogP contribution in [-0.4, -0.2) is 46.8 Å². The van der Waals surface area contributed by atoms with Crippen LogP contribution in [0.4, 0.5) is 0 Å². The van der Waals surface area contributed by atoms with Crippen LogP contribution in [0.25, 0.3) is 0 Å². The Hall–Kier alpha value is -2.14. The smallest absolute Gasteiger partial charge is 0.254 e. The van der Waals surface area contributed by atoms with Crippen LogP contribution in [0.3, 0.4) is 0 Å². The fourth-order valence-electron chi connectivity index (χ4n) is 4.38. The number of rotatable bonds is 4. The minimum atomic E-state index is 0.0563. The lowest BCUT2D eigenvalue weighted by atomic mass is 9.86. The molecule has 2 aromatic rings. The lowest BCUT2D eigenvalue weighted by Gasteiger charge is -2.37. The van der Waals surface area contributed by atoms with Gasteiger partial charge in [-0.15, -0.1) is 0 Å². The lowest BCUT2D eigenvalue weighted by molar-refractivity contribution is 0.0872. The summed E-state index contributed by atoms with van der Waals surface area (Å²) in [6.07, 6.45) is 7.03. The first-order valence-electron chi connectivity index (χ1n) is 9.79. The second kappa shape index (κ2) is 7.62. The molecule has 5 nitrogen and oxygen atoms in total. The van der Waals surface area contributed by atoms with Gasteiger partial charge in [-0.25, -0.2) is 0 Å². The van der Waals surface area contributed by atoms with E-state index in [2.05, 4.69) is 52.7 Å². The Balaban J connectivity index is 1.48. The third-order valence-electron chi connectivity index (χ3n) is 5.82. The maximum Gasteiger partial charge on any atom is 0.254 e. The van der Waals surface area contributed by atoms with Gasteiger partial charge < -0.3 is 10.2 Å². The number of nitrogens with one attached hydrogen (secondary N) is 1. The molecule has 0 saturated carbocycles. The molecule has 2 aliphatic heterocycles. The first-order valence-corrected chi connectivity index (χ1v) is 9.79. The van der Waals surface area contributed by atoms with Crippen molar-refractivity contribution in [2.24, 2.45) is 5.92 Å². The fraction of sp³-hybridized carbons (Fsp3) is 0.524. The number of carbonyl (C=O) groups excluding carboxylic acids is 1. The Bertz CT molecular complexity index is 755. The molecule has 0 unspecified atom stereocenters. The van der Waals surface area contributed by atoms with Gasteiger partial charge in [-0.2, -0.15) is 5.10 Å². The van der Waals surface area contributed by atoms with Crippen molar-refractivity contribution in [1.29, 1.82) is 0 Å². The van der Waals surface area contributed by atoms with Crippen molar-refractivity contribution in [1.82, 2.24) is 20.0 Å². The summed E-state index contributed by atoms with van der Waals surface area (Å²) in [5.41, 5.74) is 3.23. The van der Waals surface area contributed by atoms with E-state index in [9.17, 15) is 4.79 Å². The van der Waals surface area contributed by atoms with Crippen LogP contribution in [0.2, 0.25) is 0 Å². The Labute approximate surface area is 155 Å². The molecule has 4 rings (SSSR count). The molecule has 1 fully saturated rings. The molecule has 1 amide bonds. The van der Waals surface area contributed by atoms with Crippen molar-refractivity contribution in [2.45, 2.75) is 44.7 Å². The van der Waals surface area contributed by atoms with Crippen LogP contribution in [0.1, 0.15) is 40.9 Å². The van der Waals surface area contributed by atoms with E-state index >= 15 is 0 Å². The van der Waals surface area contributed by atoms with E-state index in [4.69, 9.17) is 0 Å². The van der Waals surface area contributed by atoms with Crippen molar-refractivity contribution in [3.8, 4) is 0 Å². The predicted octanol–water partition coefficient (Wildman–Crippen LogP) is 2.51. The zero-order valence-corrected chi connectivity index (χ0v) is 15.5. The van der Waals surface area contributed by atoms with Crippen LogP contribution >= 0.6 is 0 Å². The number of likely N-dealkylation sites (tertiary alicyclic amines) is 1. The molecule has 0 bridgehead atoms. The molecule has 1 N–H and O–H groups in total. The zero-order valence-electron chi connectivity index (χ0n) is 15.5. The highest BCUT2D eigenvalue weighted by molar-refractivity contribution is 5.95. The van der Waals surface area contributed by atoms with E-state index in [1.807, 2.05) is 4.68 Å². The highest BCUT2D eigenvalue weighted by Gasteiger charge is 2.30. The standard InChI is InChI=1S/C21H28N4O/c1-24-12-10-19(17(15-24)13-16-7-3-2-4-8-16)23-21(26)18-14-22-25-11-6-5-9-20(18)25/h2-4,7-8,14,17,19H,5-6,9-13,15H2,1H3,(H,23,26)/t17-,19+/m1/s1. The molecule has 5 heteroatoms. The van der Waals surface area contributed by atoms with Crippen LogP contribution < -0.4 is 5.32 Å². The van der Waals surface area contributed by atoms with Gasteiger partial charge >= 0.3 is 0 Å². The molecule has 1 aromatic carbocycles. The summed E-state index contributed by atoms with van der Waals surface area (Å²) < 4.78 is 2.01. The Kier molecular flexibility index (Phi) is 5.07. The van der Waals surface area contributed by atoms with E-state index in [0.717, 1.165) is 63.0 Å². The van der Waals surface area contributed by atoms with Crippen LogP contribution in [0.15, 0.2) is 36.5 Å². The molecule has 2 aliphatic rings. The van der Waals surface area contributed by atoms with Crippen molar-refractivity contribution in [3.05, 3.63) is 53.3 Å². The second-order valence-corrected chi connectivity index (χ2v) is 7.77. The van der Waals surface area contributed by atoms with Crippen LogP contribution in [-0.2, 0) is 19.4 Å². The van der Waals surface area contributed by atoms with Crippen LogP contribution in [0.5, 0.6) is 0 Å². The molecule has 138 valence electrons. The van der Waals surface area contributed by atoms with E-state index in [1.54, 1.807) is 6.20 Å². The summed E-state index contributed by atoms with van der Waals surface area (Å²) in [7, 11) is 2.17. The number of hydrogen-bond acceptors (Lipinski definition) is 3. The molecule has 0 aliphatic carbocycles. The molecule has 26 heavy (non-hydrogen) atoms. The number of aromatic nitrogens is 2. The quantitative estimate of drug-likeness (QED) is 0.920. The summed E-state index contributed by atoms with van der Waals surface area (Å²) >= 11 is 0. The molecule has 0 spiro atoms. The summed E-state index contributed by atoms with van der Waals surface area (Å²) in [4.78, 5) is 15.3. The van der Waals surface area contributed by atoms with Gasteiger partial charge in [0.2, 0.25) is 0 Å². The Morgan fingerprint density at radius 1 is 1.23 bits per heavy atom. The lowest BCUT2D eigenvalue weighted by Crippen LogP contribution is -2.50. The molecular formula is C21H28N4O. The topological polar surface area (TPSA) is 50.2 Å². The normalized spacial score (nSPS) is 23.4. The number of piperidine rings is 1. The second-order valence-electron chi connectivity index (χ2n) is 7.77. The first kappa shape index (κ1) is 17.3. The summed E-state index contributed by atoms with van der Waals surface area (Å²) in [5.74, 6) is 0.493. The van der Waals surface area contributed by atoms with Crippen molar-refractivity contribution < 1.29 is 4.79 Å². The molecule has 0 radical (unpaired) electrons. The average Bonchev–Trinajstić information content (AvgIpc) is 3.09. The zero-order chi connectivity index (χ0) is 17.9. The van der Waals surface area contributed by atoms with E-state index < -0.39 is 0 Å². The fourth-order valence-corrected chi connectivity index (χ4v) is 4.38. The minimum Gasteiger partial charge on any atom is -0.349 e. The number of fused-ring (bicyclic) bond motifs is 1. The minimum absolute atomic E-state index is 0.0563. The first-order chi connectivity index (χ1) is 12.7. The number of benzene rings is 1. The maximum atomic E-state index is 12.9. The highest BCUT2D eigenvalue weighted by atomic mass is 16.1. The van der Waals surface area contributed by atoms with E-state index in [1.165, 1.54) is 5.56 Å². The molecule has 1 saturated heterocycles. The Morgan fingerprint density at radius 3 is 2.92 bits per heavy atom. The summed E-state index contributed by atoms with van der Waals surface area (Å²) in [6, 6.07) is 10.8. The molecule has 1 aromatic heterocycles. The third kappa shape index (κ3) is 3.68. The number of aryl methyl sites for hydroxylation is 1. The molecule has 2 atom stereocenters. The molecule has 3 heterocycles. The number of hydrogen-bond donors (Lipinski definition) is 1. The number of carbonyl (C=O) groups is 1. The maximum absolute atomic E-state index is 12.9. The number of amides is 1. The van der Waals surface area contributed by atoms with Gasteiger partial charge in [-0.1, -0.05) is 30.3 Å². The Morgan fingerprint density at radius 2 is 2.08 bits per heavy atom. The van der Waals surface area contributed by atoms with Gasteiger partial charge in [-0.05, 0) is 57.2 Å². The predicted molar refractivity (Wildman–Crippen MR) is 102 cm³/mol. The average molecular weight is 352 g/mol. The van der Waals surface area contributed by atoms with Crippen molar-refractivity contribution in [2.75, 3.05) is 20.1 Å². The van der Waals surface area contributed by atoms with Gasteiger partial charge in [-0.3, -0.25) is 9.48 Å². The highest BCUT2D eigenvalue weighted by Crippen LogP contribution is 2.23. The monoisotopic (exact) mass is 352 g/mol. The van der Waals surface area contributed by atoms with Gasteiger partial charge in [0, 0.05) is 19.1 Å². The van der Waals surface area contributed by atoms with Gasteiger partial charge in [0.25, 0.3) is 5.91 Å². The largest absolute Gasteiger partial charge is 0.349 e. The van der Waals surface area contributed by atoms with Crippen molar-refractivity contribution >= 4 is 5.91 Å². The summed E-state index contributed by atoms with van der Waals surface area (Å²) in [6.45, 7) is 2.99. The molecular weight excluding hydrogens is 324 g/mol. The third-order valence-corrected chi connectivity index (χ3v) is 5.82.